The molecule has 0 saturated carbocycles. The third-order valence-corrected chi connectivity index (χ3v) is 9.51. The summed E-state index contributed by atoms with van der Waals surface area (Å²) in [5.74, 6) is -0.591. The van der Waals surface area contributed by atoms with Gasteiger partial charge in [-0.25, -0.2) is 0 Å². The first kappa shape index (κ1) is 27.7. The molecule has 2 aromatic rings. The van der Waals surface area contributed by atoms with Gasteiger partial charge in [-0.1, -0.05) is 29.8 Å². The van der Waals surface area contributed by atoms with Crippen LogP contribution in [0.1, 0.15) is 52.7 Å². The van der Waals surface area contributed by atoms with Crippen molar-refractivity contribution in [2.75, 3.05) is 44.2 Å². The van der Waals surface area contributed by atoms with E-state index >= 15 is 0 Å². The zero-order chi connectivity index (χ0) is 28.7. The summed E-state index contributed by atoms with van der Waals surface area (Å²) in [4.78, 5) is 58.6. The number of nitrogens with one attached hydrogen (secondary N) is 1. The van der Waals surface area contributed by atoms with Crippen LogP contribution in [-0.4, -0.2) is 89.7 Å². The minimum absolute atomic E-state index is 0.0542. The highest BCUT2D eigenvalue weighted by atomic mass is 35.5. The zero-order valence-electron chi connectivity index (χ0n) is 23.4. The molecule has 4 heterocycles. The molecule has 216 valence electrons. The Balaban J connectivity index is 1.00. The average molecular weight is 578 g/mol. The molecule has 3 saturated heterocycles. The van der Waals surface area contributed by atoms with Gasteiger partial charge in [0.05, 0.1) is 6.04 Å². The van der Waals surface area contributed by atoms with Crippen LogP contribution in [0.25, 0.3) is 0 Å². The number of nitrogens with zero attached hydrogens (tertiary/aromatic N) is 4. The molecule has 41 heavy (non-hydrogen) atoms. The van der Waals surface area contributed by atoms with E-state index in [1.807, 2.05) is 36.1 Å². The van der Waals surface area contributed by atoms with Gasteiger partial charge in [0.1, 0.15) is 6.04 Å². The number of carbonyl (C=O) groups excluding carboxylic acids is 4. The molecule has 6 rings (SSSR count). The van der Waals surface area contributed by atoms with Gasteiger partial charge in [-0.05, 0) is 74.0 Å². The Morgan fingerprint density at radius 2 is 1.83 bits per heavy atom. The molecule has 2 atom stereocenters. The molecule has 4 aliphatic heterocycles. The van der Waals surface area contributed by atoms with E-state index in [0.29, 0.717) is 31.6 Å². The van der Waals surface area contributed by atoms with Crippen molar-refractivity contribution in [3.8, 4) is 0 Å². The average Bonchev–Trinajstić information content (AvgIpc) is 3.28. The number of piperidine rings is 1. The van der Waals surface area contributed by atoms with E-state index in [-0.39, 0.29) is 30.2 Å². The van der Waals surface area contributed by atoms with E-state index < -0.39 is 11.9 Å². The van der Waals surface area contributed by atoms with E-state index in [1.54, 1.807) is 4.90 Å². The van der Waals surface area contributed by atoms with Crippen LogP contribution >= 0.6 is 11.6 Å². The summed E-state index contributed by atoms with van der Waals surface area (Å²) in [6, 6.07) is 11.3. The summed E-state index contributed by atoms with van der Waals surface area (Å²) in [6.07, 6.45) is 3.18. The number of hydrogen-bond acceptors (Lipinski definition) is 6. The van der Waals surface area contributed by atoms with Gasteiger partial charge >= 0.3 is 0 Å². The van der Waals surface area contributed by atoms with Crippen LogP contribution in [0.4, 0.5) is 5.69 Å². The second kappa shape index (κ2) is 11.4. The first-order valence-corrected chi connectivity index (χ1v) is 15.0. The molecule has 0 radical (unpaired) electrons. The molecule has 4 amide bonds. The first-order chi connectivity index (χ1) is 19.8. The fourth-order valence-corrected chi connectivity index (χ4v) is 6.69. The van der Waals surface area contributed by atoms with Crippen molar-refractivity contribution in [3.63, 3.8) is 0 Å². The van der Waals surface area contributed by atoms with Crippen molar-refractivity contribution in [2.24, 2.45) is 0 Å². The highest BCUT2D eigenvalue weighted by molar-refractivity contribution is 6.31. The Kier molecular flexibility index (Phi) is 7.74. The van der Waals surface area contributed by atoms with Crippen molar-refractivity contribution >= 4 is 40.9 Å². The molecule has 9 nitrogen and oxygen atoms in total. The fourth-order valence-electron chi connectivity index (χ4n) is 6.52. The van der Waals surface area contributed by atoms with Crippen LogP contribution in [0.5, 0.6) is 0 Å². The number of benzene rings is 2. The summed E-state index contributed by atoms with van der Waals surface area (Å²) in [7, 11) is 0. The van der Waals surface area contributed by atoms with Crippen LogP contribution in [0.3, 0.4) is 0 Å². The van der Waals surface area contributed by atoms with Gasteiger partial charge in [-0.15, -0.1) is 0 Å². The van der Waals surface area contributed by atoms with Crippen molar-refractivity contribution < 1.29 is 19.2 Å². The molecule has 2 aromatic carbocycles. The van der Waals surface area contributed by atoms with Crippen LogP contribution in [0, 0.1) is 6.92 Å². The minimum atomic E-state index is -0.607. The SMILES string of the molecule is Cc1ccc(N2CCN(C(=O)C3CCN3CCCc3cccc4c3CN(C3CCC(=O)NC3=O)C4=O)CC2)cc1Cl. The van der Waals surface area contributed by atoms with Crippen LogP contribution in [0.2, 0.25) is 5.02 Å². The Bertz CT molecular complexity index is 1390. The molecular weight excluding hydrogens is 542 g/mol. The molecule has 0 aromatic heterocycles. The molecule has 4 aliphatic rings. The van der Waals surface area contributed by atoms with Crippen molar-refractivity contribution in [1.82, 2.24) is 20.0 Å². The fraction of sp³-hybridized carbons (Fsp3) is 0.484. The standard InChI is InChI=1S/C31H36ClN5O4/c1-20-7-8-22(18-25(20)32)34-14-16-36(17-15-34)31(41)27-11-13-35(27)12-3-5-21-4-2-6-23-24(21)19-37(30(23)40)26-9-10-28(38)33-29(26)39/h2,4,6-8,18,26-27H,3,5,9-17,19H2,1H3,(H,33,38,39). The van der Waals surface area contributed by atoms with E-state index in [0.717, 1.165) is 72.8 Å². The number of amides is 4. The van der Waals surface area contributed by atoms with E-state index in [4.69, 9.17) is 11.6 Å². The third-order valence-electron chi connectivity index (χ3n) is 9.10. The van der Waals surface area contributed by atoms with E-state index in [2.05, 4.69) is 27.2 Å². The molecule has 3 fully saturated rings. The summed E-state index contributed by atoms with van der Waals surface area (Å²) >= 11 is 6.32. The molecule has 10 heteroatoms. The lowest BCUT2D eigenvalue weighted by Gasteiger charge is -2.44. The van der Waals surface area contributed by atoms with Gasteiger partial charge in [0.25, 0.3) is 5.91 Å². The topological polar surface area (TPSA) is 93.3 Å². The number of hydrogen-bond donors (Lipinski definition) is 1. The lowest BCUT2D eigenvalue weighted by molar-refractivity contribution is -0.142. The number of rotatable bonds is 7. The van der Waals surface area contributed by atoms with Crippen LogP contribution in [0.15, 0.2) is 36.4 Å². The van der Waals surface area contributed by atoms with Crippen molar-refractivity contribution in [1.29, 1.82) is 0 Å². The summed E-state index contributed by atoms with van der Waals surface area (Å²) < 4.78 is 0. The number of imide groups is 1. The first-order valence-electron chi connectivity index (χ1n) is 14.6. The molecule has 1 N–H and O–H groups in total. The van der Waals surface area contributed by atoms with Crippen LogP contribution < -0.4 is 10.2 Å². The van der Waals surface area contributed by atoms with Gasteiger partial charge < -0.3 is 14.7 Å². The smallest absolute Gasteiger partial charge is 0.255 e. The van der Waals surface area contributed by atoms with Gasteiger partial charge in [-0.2, -0.15) is 0 Å². The highest BCUT2D eigenvalue weighted by Crippen LogP contribution is 2.31. The van der Waals surface area contributed by atoms with Gasteiger partial charge in [-0.3, -0.25) is 29.4 Å². The maximum atomic E-state index is 13.3. The maximum Gasteiger partial charge on any atom is 0.255 e. The summed E-state index contributed by atoms with van der Waals surface area (Å²) in [5.41, 5.74) is 4.91. The lowest BCUT2D eigenvalue weighted by Crippen LogP contribution is -2.60. The summed E-state index contributed by atoms with van der Waals surface area (Å²) in [6.45, 7) is 7.15. The number of piperazine rings is 1. The van der Waals surface area contributed by atoms with Gasteiger partial charge in [0, 0.05) is 62.0 Å². The van der Waals surface area contributed by atoms with Crippen molar-refractivity contribution in [2.45, 2.75) is 57.7 Å². The quantitative estimate of drug-likeness (QED) is 0.509. The third kappa shape index (κ3) is 5.45. The van der Waals surface area contributed by atoms with Gasteiger partial charge in [0.15, 0.2) is 0 Å². The molecule has 0 aliphatic carbocycles. The molecular formula is C31H36ClN5O4. The predicted molar refractivity (Wildman–Crippen MR) is 156 cm³/mol. The van der Waals surface area contributed by atoms with Gasteiger partial charge in [0.2, 0.25) is 17.7 Å². The number of aryl methyl sites for hydroxylation is 2. The largest absolute Gasteiger partial charge is 0.368 e. The normalized spacial score (nSPS) is 23.0. The predicted octanol–water partition coefficient (Wildman–Crippen LogP) is 2.77. The Labute approximate surface area is 245 Å². The minimum Gasteiger partial charge on any atom is -0.368 e. The Morgan fingerprint density at radius 1 is 1.02 bits per heavy atom. The summed E-state index contributed by atoms with van der Waals surface area (Å²) in [5, 5.41) is 3.13. The Hall–Kier alpha value is -3.43. The number of halogens is 1. The number of fused-ring (bicyclic) bond motifs is 1. The maximum absolute atomic E-state index is 13.3. The van der Waals surface area contributed by atoms with Crippen LogP contribution in [-0.2, 0) is 27.3 Å². The van der Waals surface area contributed by atoms with E-state index in [9.17, 15) is 19.2 Å². The number of carbonyl (C=O) groups is 4. The zero-order valence-corrected chi connectivity index (χ0v) is 24.2. The second-order valence-corrected chi connectivity index (χ2v) is 11.9. The second-order valence-electron chi connectivity index (χ2n) is 11.5. The molecule has 0 bridgehead atoms. The van der Waals surface area contributed by atoms with E-state index in [1.165, 1.54) is 0 Å². The highest BCUT2D eigenvalue weighted by Gasteiger charge is 2.40. The lowest BCUT2D eigenvalue weighted by atomic mass is 9.97. The number of likely N-dealkylation sites (tertiary alicyclic amines) is 1. The number of anilines is 1. The Morgan fingerprint density at radius 3 is 2.54 bits per heavy atom. The van der Waals surface area contributed by atoms with Crippen molar-refractivity contribution in [3.05, 3.63) is 63.7 Å². The molecule has 0 spiro atoms. The molecule has 2 unspecified atom stereocenters. The monoisotopic (exact) mass is 577 g/mol.